The molecule has 6 nitrogen and oxygen atoms in total. The lowest BCUT2D eigenvalue weighted by Crippen LogP contribution is -2.33. The molecular weight excluding hydrogens is 302 g/mol. The predicted molar refractivity (Wildman–Crippen MR) is 95.7 cm³/mol. The minimum Gasteiger partial charge on any atom is -0.370 e. The number of pyridine rings is 1. The number of aromatic nitrogens is 1. The first-order chi connectivity index (χ1) is 11.7. The summed E-state index contributed by atoms with van der Waals surface area (Å²) in [5.41, 5.74) is 8.51. The van der Waals surface area contributed by atoms with Gasteiger partial charge in [0.25, 0.3) is 5.91 Å². The quantitative estimate of drug-likeness (QED) is 0.531. The van der Waals surface area contributed by atoms with E-state index < -0.39 is 0 Å². The van der Waals surface area contributed by atoms with E-state index in [0.717, 1.165) is 17.7 Å². The van der Waals surface area contributed by atoms with Gasteiger partial charge in [-0.25, -0.2) is 4.99 Å². The van der Waals surface area contributed by atoms with Gasteiger partial charge in [-0.05, 0) is 36.8 Å². The van der Waals surface area contributed by atoms with Crippen LogP contribution >= 0.6 is 0 Å². The number of carbonyl (C=O) groups is 1. The Morgan fingerprint density at radius 2 is 1.96 bits per heavy atom. The van der Waals surface area contributed by atoms with E-state index >= 15 is 0 Å². The van der Waals surface area contributed by atoms with E-state index in [1.165, 1.54) is 0 Å². The maximum Gasteiger partial charge on any atom is 0.251 e. The number of nitrogens with two attached hydrogens (primary N) is 1. The fraction of sp³-hybridized carbons (Fsp3) is 0.278. The fourth-order valence-corrected chi connectivity index (χ4v) is 2.12. The Kier molecular flexibility index (Phi) is 6.76. The van der Waals surface area contributed by atoms with Crippen LogP contribution in [0.3, 0.4) is 0 Å². The molecule has 0 aliphatic carbocycles. The van der Waals surface area contributed by atoms with Gasteiger partial charge in [-0.1, -0.05) is 18.2 Å². The van der Waals surface area contributed by atoms with E-state index in [1.807, 2.05) is 37.3 Å². The molecule has 0 unspecified atom stereocenters. The summed E-state index contributed by atoms with van der Waals surface area (Å²) in [6, 6.07) is 13.2. The Balaban J connectivity index is 1.78. The van der Waals surface area contributed by atoms with Crippen LogP contribution in [0.15, 0.2) is 53.7 Å². The molecule has 0 atom stereocenters. The zero-order valence-corrected chi connectivity index (χ0v) is 13.8. The van der Waals surface area contributed by atoms with Gasteiger partial charge in [-0.2, -0.15) is 0 Å². The molecule has 0 saturated carbocycles. The zero-order chi connectivity index (χ0) is 17.2. The van der Waals surface area contributed by atoms with Crippen LogP contribution in [0.5, 0.6) is 0 Å². The molecular formula is C18H23N5O. The Morgan fingerprint density at radius 3 is 2.62 bits per heavy atom. The third kappa shape index (κ3) is 5.72. The number of guanidine groups is 1. The van der Waals surface area contributed by atoms with Crippen LogP contribution in [-0.2, 0) is 13.0 Å². The number of rotatable bonds is 7. The normalized spacial score (nSPS) is 11.1. The van der Waals surface area contributed by atoms with E-state index in [9.17, 15) is 4.79 Å². The molecule has 1 aromatic heterocycles. The van der Waals surface area contributed by atoms with Crippen LogP contribution in [0.25, 0.3) is 0 Å². The van der Waals surface area contributed by atoms with Crippen molar-refractivity contribution in [3.63, 3.8) is 0 Å². The molecule has 4 N–H and O–H groups in total. The average molecular weight is 325 g/mol. The lowest BCUT2D eigenvalue weighted by Gasteiger charge is -2.06. The topological polar surface area (TPSA) is 92.4 Å². The lowest BCUT2D eigenvalue weighted by atomic mass is 10.1. The van der Waals surface area contributed by atoms with Crippen molar-refractivity contribution in [3.8, 4) is 0 Å². The van der Waals surface area contributed by atoms with Crippen molar-refractivity contribution in [1.82, 2.24) is 15.6 Å². The Morgan fingerprint density at radius 1 is 1.17 bits per heavy atom. The lowest BCUT2D eigenvalue weighted by molar-refractivity contribution is 0.0956. The highest BCUT2D eigenvalue weighted by Gasteiger charge is 2.03. The molecule has 1 aromatic carbocycles. The van der Waals surface area contributed by atoms with Crippen molar-refractivity contribution in [3.05, 3.63) is 65.5 Å². The molecule has 0 fully saturated rings. The van der Waals surface area contributed by atoms with Gasteiger partial charge in [-0.15, -0.1) is 0 Å². The first-order valence-electron chi connectivity index (χ1n) is 8.00. The summed E-state index contributed by atoms with van der Waals surface area (Å²) in [5.74, 6) is 0.335. The summed E-state index contributed by atoms with van der Waals surface area (Å²) in [6.07, 6.45) is 2.56. The highest BCUT2D eigenvalue weighted by Crippen LogP contribution is 2.05. The van der Waals surface area contributed by atoms with Gasteiger partial charge >= 0.3 is 0 Å². The van der Waals surface area contributed by atoms with Crippen LogP contribution in [0.2, 0.25) is 0 Å². The summed E-state index contributed by atoms with van der Waals surface area (Å²) in [4.78, 5) is 20.2. The molecule has 2 rings (SSSR count). The molecule has 1 heterocycles. The number of carbonyl (C=O) groups excluding carboxylic acids is 1. The molecule has 126 valence electrons. The molecule has 2 aromatic rings. The number of hydrogen-bond donors (Lipinski definition) is 3. The largest absolute Gasteiger partial charge is 0.370 e. The Bertz CT molecular complexity index is 668. The standard InChI is InChI=1S/C18H23N5O/c1-2-20-17(24)15-8-6-14(7-9-15)13-23-18(19)22-12-10-16-5-3-4-11-21-16/h3-9,11H,2,10,12-13H2,1H3,(H,20,24)(H3,19,22,23). The van der Waals surface area contributed by atoms with Crippen LogP contribution in [0.1, 0.15) is 28.5 Å². The van der Waals surface area contributed by atoms with Gasteiger partial charge in [0.2, 0.25) is 0 Å². The second kappa shape index (κ2) is 9.29. The SMILES string of the molecule is CCNC(=O)c1ccc(CN=C(N)NCCc2ccccn2)cc1. The first kappa shape index (κ1) is 17.5. The monoisotopic (exact) mass is 325 g/mol. The summed E-state index contributed by atoms with van der Waals surface area (Å²) in [6.45, 7) is 3.66. The van der Waals surface area contributed by atoms with Crippen molar-refractivity contribution in [2.45, 2.75) is 19.9 Å². The molecule has 0 radical (unpaired) electrons. The van der Waals surface area contributed by atoms with Crippen molar-refractivity contribution < 1.29 is 4.79 Å². The maximum atomic E-state index is 11.7. The van der Waals surface area contributed by atoms with Gasteiger partial charge in [0.15, 0.2) is 5.96 Å². The predicted octanol–water partition coefficient (Wildman–Crippen LogP) is 1.48. The number of nitrogens with zero attached hydrogens (tertiary/aromatic N) is 2. The Labute approximate surface area is 142 Å². The van der Waals surface area contributed by atoms with Crippen LogP contribution < -0.4 is 16.4 Å². The van der Waals surface area contributed by atoms with Crippen LogP contribution in [0, 0.1) is 0 Å². The van der Waals surface area contributed by atoms with E-state index in [-0.39, 0.29) is 5.91 Å². The molecule has 24 heavy (non-hydrogen) atoms. The van der Waals surface area contributed by atoms with Gasteiger partial charge in [0.05, 0.1) is 6.54 Å². The fourth-order valence-electron chi connectivity index (χ4n) is 2.12. The highest BCUT2D eigenvalue weighted by molar-refractivity contribution is 5.94. The third-order valence-corrected chi connectivity index (χ3v) is 3.40. The number of nitrogens with one attached hydrogen (secondary N) is 2. The maximum absolute atomic E-state index is 11.7. The summed E-state index contributed by atoms with van der Waals surface area (Å²) in [7, 11) is 0. The van der Waals surface area contributed by atoms with Crippen LogP contribution in [0.4, 0.5) is 0 Å². The van der Waals surface area contributed by atoms with E-state index in [1.54, 1.807) is 18.3 Å². The number of benzene rings is 1. The highest BCUT2D eigenvalue weighted by atomic mass is 16.1. The second-order valence-corrected chi connectivity index (χ2v) is 5.26. The zero-order valence-electron chi connectivity index (χ0n) is 13.8. The van der Waals surface area contributed by atoms with Gasteiger partial charge in [0.1, 0.15) is 0 Å². The van der Waals surface area contributed by atoms with Crippen molar-refractivity contribution in [2.24, 2.45) is 10.7 Å². The number of amides is 1. The number of aliphatic imine (C=N–C) groups is 1. The Hall–Kier alpha value is -2.89. The molecule has 0 aliphatic heterocycles. The van der Waals surface area contributed by atoms with Crippen molar-refractivity contribution in [1.29, 1.82) is 0 Å². The second-order valence-electron chi connectivity index (χ2n) is 5.26. The van der Waals surface area contributed by atoms with Gasteiger partial charge < -0.3 is 16.4 Å². The summed E-state index contributed by atoms with van der Waals surface area (Å²) < 4.78 is 0. The third-order valence-electron chi connectivity index (χ3n) is 3.40. The molecule has 0 aliphatic rings. The van der Waals surface area contributed by atoms with Gasteiger partial charge in [0, 0.05) is 37.0 Å². The van der Waals surface area contributed by atoms with Crippen molar-refractivity contribution >= 4 is 11.9 Å². The minimum atomic E-state index is -0.0664. The molecule has 0 spiro atoms. The van der Waals surface area contributed by atoms with E-state index in [2.05, 4.69) is 20.6 Å². The molecule has 1 amide bonds. The smallest absolute Gasteiger partial charge is 0.251 e. The van der Waals surface area contributed by atoms with Crippen LogP contribution in [-0.4, -0.2) is 29.9 Å². The summed E-state index contributed by atoms with van der Waals surface area (Å²) >= 11 is 0. The van der Waals surface area contributed by atoms with E-state index in [4.69, 9.17) is 5.73 Å². The molecule has 0 saturated heterocycles. The summed E-state index contributed by atoms with van der Waals surface area (Å²) in [5, 5.41) is 5.84. The van der Waals surface area contributed by atoms with E-state index in [0.29, 0.717) is 31.2 Å². The molecule has 0 bridgehead atoms. The molecule has 6 heteroatoms. The number of hydrogen-bond acceptors (Lipinski definition) is 3. The van der Waals surface area contributed by atoms with Gasteiger partial charge in [-0.3, -0.25) is 9.78 Å². The first-order valence-corrected chi connectivity index (χ1v) is 8.00. The average Bonchev–Trinajstić information content (AvgIpc) is 2.61. The minimum absolute atomic E-state index is 0.0664. The van der Waals surface area contributed by atoms with Crippen molar-refractivity contribution in [2.75, 3.05) is 13.1 Å².